The molecule has 1 heterocycles. The van der Waals surface area contributed by atoms with Crippen molar-refractivity contribution in [1.82, 2.24) is 0 Å². The Labute approximate surface area is 118 Å². The minimum Gasteiger partial charge on any atom is -0.325 e. The van der Waals surface area contributed by atoms with Crippen molar-refractivity contribution in [2.75, 3.05) is 5.32 Å². The summed E-state index contributed by atoms with van der Waals surface area (Å²) in [6.45, 7) is 3.84. The fraction of sp³-hybridized carbons (Fsp3) is 0.500. The first-order chi connectivity index (χ1) is 9.49. The lowest BCUT2D eigenvalue weighted by atomic mass is 9.81. The summed E-state index contributed by atoms with van der Waals surface area (Å²) in [5.41, 5.74) is 1.93. The molecule has 1 aliphatic carbocycles. The Morgan fingerprint density at radius 2 is 1.95 bits per heavy atom. The van der Waals surface area contributed by atoms with E-state index in [4.69, 9.17) is 0 Å². The predicted molar refractivity (Wildman–Crippen MR) is 76.4 cm³/mol. The van der Waals surface area contributed by atoms with Gasteiger partial charge in [-0.3, -0.25) is 4.79 Å². The van der Waals surface area contributed by atoms with Gasteiger partial charge in [0.05, 0.1) is 11.0 Å². The number of carbonyl (C=O) groups excluding carboxylic acids is 2. The van der Waals surface area contributed by atoms with Crippen molar-refractivity contribution in [2.45, 2.75) is 50.5 Å². The van der Waals surface area contributed by atoms with Gasteiger partial charge in [0.15, 0.2) is 0 Å². The van der Waals surface area contributed by atoms with Gasteiger partial charge in [0, 0.05) is 5.69 Å². The van der Waals surface area contributed by atoms with E-state index in [0.29, 0.717) is 0 Å². The van der Waals surface area contributed by atoms with E-state index >= 15 is 0 Å². The number of nitrogens with one attached hydrogen (secondary N) is 1. The second kappa shape index (κ2) is 4.29. The molecule has 1 saturated carbocycles. The van der Waals surface area contributed by atoms with Gasteiger partial charge in [-0.2, -0.15) is 4.99 Å². The zero-order chi connectivity index (χ0) is 14.4. The number of anilines is 1. The van der Waals surface area contributed by atoms with Crippen LogP contribution in [0.3, 0.4) is 0 Å². The average molecular weight is 270 g/mol. The molecule has 3 rings (SSSR count). The van der Waals surface area contributed by atoms with Crippen molar-refractivity contribution >= 4 is 17.7 Å². The van der Waals surface area contributed by atoms with E-state index in [1.54, 1.807) is 6.08 Å². The summed E-state index contributed by atoms with van der Waals surface area (Å²) >= 11 is 0. The van der Waals surface area contributed by atoms with Gasteiger partial charge >= 0.3 is 0 Å². The Balaban J connectivity index is 2.12. The zero-order valence-electron chi connectivity index (χ0n) is 11.8. The standard InChI is InChI=1S/C16H18N2O2/c1-15(2)12-9-11(5-6-13(12)18-14(15)20)16(17-10-19)7-3-4-8-16/h5-6,9H,3-4,7-8H2,1-2H3,(H,18,20). The van der Waals surface area contributed by atoms with Crippen molar-refractivity contribution in [3.8, 4) is 0 Å². The molecule has 104 valence electrons. The molecule has 1 aromatic carbocycles. The number of hydrogen-bond acceptors (Lipinski definition) is 3. The third-order valence-electron chi connectivity index (χ3n) is 4.74. The lowest BCUT2D eigenvalue weighted by Gasteiger charge is -2.25. The molecule has 1 fully saturated rings. The van der Waals surface area contributed by atoms with Gasteiger partial charge in [-0.1, -0.05) is 25.0 Å². The smallest absolute Gasteiger partial charge is 0.235 e. The molecule has 4 nitrogen and oxygen atoms in total. The predicted octanol–water partition coefficient (Wildman–Crippen LogP) is 3.02. The number of hydrogen-bond donors (Lipinski definition) is 1. The molecule has 0 saturated heterocycles. The summed E-state index contributed by atoms with van der Waals surface area (Å²) in [5.74, 6) is 0.0176. The molecule has 0 aromatic heterocycles. The number of carbonyl (C=O) groups is 1. The second-order valence-electron chi connectivity index (χ2n) is 6.28. The summed E-state index contributed by atoms with van der Waals surface area (Å²) < 4.78 is 0. The molecule has 1 aliphatic heterocycles. The van der Waals surface area contributed by atoms with Gasteiger partial charge in [0.25, 0.3) is 0 Å². The van der Waals surface area contributed by atoms with Gasteiger partial charge < -0.3 is 5.32 Å². The van der Waals surface area contributed by atoms with E-state index in [2.05, 4.69) is 10.3 Å². The lowest BCUT2D eigenvalue weighted by molar-refractivity contribution is -0.119. The van der Waals surface area contributed by atoms with E-state index in [1.807, 2.05) is 32.0 Å². The normalized spacial score (nSPS) is 22.0. The van der Waals surface area contributed by atoms with E-state index in [0.717, 1.165) is 42.5 Å². The monoisotopic (exact) mass is 270 g/mol. The van der Waals surface area contributed by atoms with Crippen molar-refractivity contribution in [2.24, 2.45) is 4.99 Å². The third-order valence-corrected chi connectivity index (χ3v) is 4.74. The SMILES string of the molecule is CC1(C)C(=O)Nc2ccc(C3(N=C=O)CCCC3)cc21. The average Bonchev–Trinajstić information content (AvgIpc) is 2.96. The van der Waals surface area contributed by atoms with Crippen LogP contribution < -0.4 is 5.32 Å². The van der Waals surface area contributed by atoms with E-state index < -0.39 is 11.0 Å². The van der Waals surface area contributed by atoms with Gasteiger partial charge in [-0.15, -0.1) is 0 Å². The minimum atomic E-state index is -0.532. The van der Waals surface area contributed by atoms with Crippen LogP contribution in [0.2, 0.25) is 0 Å². The van der Waals surface area contributed by atoms with Crippen molar-refractivity contribution in [3.63, 3.8) is 0 Å². The number of benzene rings is 1. The first kappa shape index (κ1) is 13.1. The summed E-state index contributed by atoms with van der Waals surface area (Å²) in [4.78, 5) is 26.9. The van der Waals surface area contributed by atoms with Crippen molar-refractivity contribution in [1.29, 1.82) is 0 Å². The van der Waals surface area contributed by atoms with Gasteiger partial charge in [-0.05, 0) is 43.9 Å². The quantitative estimate of drug-likeness (QED) is 0.663. The van der Waals surface area contributed by atoms with Crippen molar-refractivity contribution in [3.05, 3.63) is 29.3 Å². The zero-order valence-corrected chi connectivity index (χ0v) is 11.8. The van der Waals surface area contributed by atoms with Crippen LogP contribution in [0, 0.1) is 0 Å². The molecule has 1 amide bonds. The Morgan fingerprint density at radius 1 is 1.25 bits per heavy atom. The van der Waals surface area contributed by atoms with E-state index in [-0.39, 0.29) is 5.91 Å². The Kier molecular flexibility index (Phi) is 2.80. The maximum atomic E-state index is 12.0. The highest BCUT2D eigenvalue weighted by Gasteiger charge is 2.41. The number of amides is 1. The first-order valence-corrected chi connectivity index (χ1v) is 7.05. The lowest BCUT2D eigenvalue weighted by Crippen LogP contribution is -2.27. The van der Waals surface area contributed by atoms with Gasteiger partial charge in [-0.25, -0.2) is 4.79 Å². The molecule has 0 spiro atoms. The molecule has 0 unspecified atom stereocenters. The molecule has 1 aromatic rings. The molecule has 0 radical (unpaired) electrons. The summed E-state index contributed by atoms with van der Waals surface area (Å²) in [5, 5.41) is 2.90. The fourth-order valence-electron chi connectivity index (χ4n) is 3.37. The Morgan fingerprint density at radius 3 is 2.60 bits per heavy atom. The molecule has 0 atom stereocenters. The highest BCUT2D eigenvalue weighted by atomic mass is 16.2. The third kappa shape index (κ3) is 1.72. The molecule has 1 N–H and O–H groups in total. The number of fused-ring (bicyclic) bond motifs is 1. The fourth-order valence-corrected chi connectivity index (χ4v) is 3.37. The maximum absolute atomic E-state index is 12.0. The van der Waals surface area contributed by atoms with Gasteiger partial charge in [0.1, 0.15) is 0 Å². The van der Waals surface area contributed by atoms with Crippen molar-refractivity contribution < 1.29 is 9.59 Å². The number of aliphatic imine (C=N–C) groups is 1. The Hall–Kier alpha value is -1.93. The highest BCUT2D eigenvalue weighted by molar-refractivity contribution is 6.05. The summed E-state index contributed by atoms with van der Waals surface area (Å²) in [6.07, 6.45) is 5.64. The van der Waals surface area contributed by atoms with Crippen LogP contribution in [0.15, 0.2) is 23.2 Å². The largest absolute Gasteiger partial charge is 0.325 e. The molecule has 0 bridgehead atoms. The van der Waals surface area contributed by atoms with Crippen LogP contribution in [-0.4, -0.2) is 12.0 Å². The highest BCUT2D eigenvalue weighted by Crippen LogP contribution is 2.45. The maximum Gasteiger partial charge on any atom is 0.235 e. The minimum absolute atomic E-state index is 0.0176. The van der Waals surface area contributed by atoms with Crippen LogP contribution in [-0.2, 0) is 20.5 Å². The molecule has 2 aliphatic rings. The molecular weight excluding hydrogens is 252 g/mol. The second-order valence-corrected chi connectivity index (χ2v) is 6.28. The van der Waals surface area contributed by atoms with E-state index in [9.17, 15) is 9.59 Å². The summed E-state index contributed by atoms with van der Waals surface area (Å²) in [7, 11) is 0. The molecule has 4 heteroatoms. The van der Waals surface area contributed by atoms with Crippen LogP contribution >= 0.6 is 0 Å². The number of rotatable bonds is 2. The van der Waals surface area contributed by atoms with Crippen LogP contribution in [0.1, 0.15) is 50.7 Å². The topological polar surface area (TPSA) is 58.5 Å². The summed E-state index contributed by atoms with van der Waals surface area (Å²) in [6, 6.07) is 5.95. The van der Waals surface area contributed by atoms with E-state index in [1.165, 1.54) is 0 Å². The van der Waals surface area contributed by atoms with Crippen LogP contribution in [0.5, 0.6) is 0 Å². The first-order valence-electron chi connectivity index (χ1n) is 7.05. The van der Waals surface area contributed by atoms with Crippen LogP contribution in [0.4, 0.5) is 5.69 Å². The number of nitrogens with zero attached hydrogens (tertiary/aromatic N) is 1. The van der Waals surface area contributed by atoms with Gasteiger partial charge in [0.2, 0.25) is 12.0 Å². The molecule has 20 heavy (non-hydrogen) atoms. The molecular formula is C16H18N2O2. The van der Waals surface area contributed by atoms with Crippen LogP contribution in [0.25, 0.3) is 0 Å². The number of isocyanates is 1. The Bertz CT molecular complexity index is 621.